The van der Waals surface area contributed by atoms with E-state index in [1.165, 1.54) is 23.4 Å². The molecule has 28 heavy (non-hydrogen) atoms. The van der Waals surface area contributed by atoms with Gasteiger partial charge in [-0.2, -0.15) is 5.10 Å². The summed E-state index contributed by atoms with van der Waals surface area (Å²) in [6, 6.07) is 12.1. The summed E-state index contributed by atoms with van der Waals surface area (Å²) >= 11 is 6.12. The van der Waals surface area contributed by atoms with E-state index in [1.54, 1.807) is 41.3 Å². The molecule has 1 fully saturated rings. The van der Waals surface area contributed by atoms with Crippen LogP contribution in [0.25, 0.3) is 5.69 Å². The van der Waals surface area contributed by atoms with Crippen LogP contribution in [-0.4, -0.2) is 33.3 Å². The van der Waals surface area contributed by atoms with Crippen LogP contribution < -0.4 is 10.2 Å². The van der Waals surface area contributed by atoms with Gasteiger partial charge in [0.25, 0.3) is 5.91 Å². The van der Waals surface area contributed by atoms with Gasteiger partial charge in [0.15, 0.2) is 6.54 Å². The van der Waals surface area contributed by atoms with Crippen molar-refractivity contribution in [2.45, 2.75) is 25.4 Å². The van der Waals surface area contributed by atoms with Gasteiger partial charge in [0.1, 0.15) is 25.0 Å². The fourth-order valence-corrected chi connectivity index (χ4v) is 3.42. The summed E-state index contributed by atoms with van der Waals surface area (Å²) in [5, 5.41) is 7.60. The Bertz CT molecular complexity index is 957. The molecular formula is C20H20ClFN5O+. The molecule has 4 rings (SSSR count). The van der Waals surface area contributed by atoms with Gasteiger partial charge in [0.05, 0.1) is 17.4 Å². The average Bonchev–Trinajstić information content (AvgIpc) is 3.38. The summed E-state index contributed by atoms with van der Waals surface area (Å²) < 4.78 is 14.7. The fourth-order valence-electron chi connectivity index (χ4n) is 3.25. The zero-order chi connectivity index (χ0) is 19.5. The largest absolute Gasteiger partial charge is 0.321 e. The number of nitrogens with one attached hydrogen (secondary N) is 2. The minimum Gasteiger partial charge on any atom is -0.321 e. The molecule has 1 unspecified atom stereocenters. The van der Waals surface area contributed by atoms with Gasteiger partial charge in [0.2, 0.25) is 0 Å². The molecule has 1 saturated carbocycles. The van der Waals surface area contributed by atoms with Crippen molar-refractivity contribution in [1.29, 1.82) is 0 Å². The van der Waals surface area contributed by atoms with Crippen LogP contribution in [0.1, 0.15) is 18.4 Å². The summed E-state index contributed by atoms with van der Waals surface area (Å²) in [4.78, 5) is 17.9. The maximum Gasteiger partial charge on any atom is 0.279 e. The third kappa shape index (κ3) is 4.55. The molecule has 0 saturated heterocycles. The van der Waals surface area contributed by atoms with E-state index in [2.05, 4.69) is 15.4 Å². The van der Waals surface area contributed by atoms with Crippen LogP contribution in [0.4, 0.5) is 10.1 Å². The molecule has 6 nitrogen and oxygen atoms in total. The number of hydrogen-bond acceptors (Lipinski definition) is 3. The molecule has 1 amide bonds. The zero-order valence-electron chi connectivity index (χ0n) is 15.1. The standard InChI is InChI=1S/C20H19ClFN5O/c21-15-3-8-19(27-13-23-12-24-27)18(9-15)25-20(28)11-26(17-6-7-17)10-14-1-4-16(22)5-2-14/h1-5,8-9,12-13,17H,6-7,10-11H2,(H,25,28)/p+1. The Morgan fingerprint density at radius 3 is 2.71 bits per heavy atom. The number of aromatic nitrogens is 3. The van der Waals surface area contributed by atoms with Crippen LogP contribution in [0.5, 0.6) is 0 Å². The molecule has 2 aromatic carbocycles. The van der Waals surface area contributed by atoms with E-state index in [1.807, 2.05) is 0 Å². The van der Waals surface area contributed by atoms with Gasteiger partial charge >= 0.3 is 0 Å². The molecule has 1 aliphatic carbocycles. The number of benzene rings is 2. The van der Waals surface area contributed by atoms with E-state index in [0.29, 0.717) is 35.5 Å². The van der Waals surface area contributed by atoms with Crippen LogP contribution in [0.15, 0.2) is 55.1 Å². The van der Waals surface area contributed by atoms with E-state index in [-0.39, 0.29) is 11.7 Å². The predicted octanol–water partition coefficient (Wildman–Crippen LogP) is 2.25. The molecule has 2 N–H and O–H groups in total. The number of quaternary nitrogens is 1. The molecule has 8 heteroatoms. The third-order valence-electron chi connectivity index (χ3n) is 4.79. The van der Waals surface area contributed by atoms with Crippen LogP contribution in [-0.2, 0) is 11.3 Å². The minimum absolute atomic E-state index is 0.104. The lowest BCUT2D eigenvalue weighted by Gasteiger charge is -2.19. The van der Waals surface area contributed by atoms with Gasteiger partial charge in [-0.05, 0) is 30.3 Å². The molecule has 3 aromatic rings. The second-order valence-electron chi connectivity index (χ2n) is 6.96. The van der Waals surface area contributed by atoms with Gasteiger partial charge in [0, 0.05) is 23.4 Å². The molecule has 0 spiro atoms. The molecule has 0 radical (unpaired) electrons. The van der Waals surface area contributed by atoms with Crippen molar-refractivity contribution in [3.8, 4) is 5.69 Å². The number of halogens is 2. The Morgan fingerprint density at radius 2 is 2.04 bits per heavy atom. The highest BCUT2D eigenvalue weighted by Crippen LogP contribution is 2.24. The molecule has 1 atom stereocenters. The van der Waals surface area contributed by atoms with Gasteiger partial charge in [-0.3, -0.25) is 4.79 Å². The second kappa shape index (κ2) is 8.08. The molecular weight excluding hydrogens is 381 g/mol. The first-order valence-electron chi connectivity index (χ1n) is 9.12. The van der Waals surface area contributed by atoms with E-state index in [9.17, 15) is 9.18 Å². The highest BCUT2D eigenvalue weighted by Gasteiger charge is 2.34. The third-order valence-corrected chi connectivity index (χ3v) is 5.02. The first-order valence-corrected chi connectivity index (χ1v) is 9.50. The summed E-state index contributed by atoms with van der Waals surface area (Å²) in [5.41, 5.74) is 2.30. The molecule has 1 heterocycles. The lowest BCUT2D eigenvalue weighted by Crippen LogP contribution is -3.13. The number of rotatable bonds is 7. The Hall–Kier alpha value is -2.77. The van der Waals surface area contributed by atoms with Crippen molar-refractivity contribution in [3.63, 3.8) is 0 Å². The number of carbonyl (C=O) groups is 1. The molecule has 144 valence electrons. The van der Waals surface area contributed by atoms with Crippen molar-refractivity contribution >= 4 is 23.2 Å². The van der Waals surface area contributed by atoms with Crippen molar-refractivity contribution < 1.29 is 14.1 Å². The van der Waals surface area contributed by atoms with Crippen molar-refractivity contribution in [2.24, 2.45) is 0 Å². The highest BCUT2D eigenvalue weighted by atomic mass is 35.5. The van der Waals surface area contributed by atoms with Gasteiger partial charge < -0.3 is 10.2 Å². The number of carbonyl (C=O) groups excluding carboxylic acids is 1. The molecule has 0 aliphatic heterocycles. The second-order valence-corrected chi connectivity index (χ2v) is 7.40. The van der Waals surface area contributed by atoms with E-state index in [4.69, 9.17) is 11.6 Å². The molecule has 1 aromatic heterocycles. The zero-order valence-corrected chi connectivity index (χ0v) is 15.9. The van der Waals surface area contributed by atoms with Gasteiger partial charge in [-0.1, -0.05) is 23.7 Å². The maximum atomic E-state index is 13.1. The number of nitrogens with zero attached hydrogens (tertiary/aromatic N) is 3. The minimum atomic E-state index is -0.254. The topological polar surface area (TPSA) is 64.2 Å². The SMILES string of the molecule is O=C(C[NH+](Cc1ccc(F)cc1)C1CC1)Nc1cc(Cl)ccc1-n1cncn1. The lowest BCUT2D eigenvalue weighted by atomic mass is 10.2. The van der Waals surface area contributed by atoms with E-state index in [0.717, 1.165) is 18.4 Å². The fraction of sp³-hybridized carbons (Fsp3) is 0.250. The summed E-state index contributed by atoms with van der Waals surface area (Å²) in [6.45, 7) is 1.01. The van der Waals surface area contributed by atoms with Crippen LogP contribution in [0.3, 0.4) is 0 Å². The van der Waals surface area contributed by atoms with Crippen LogP contribution >= 0.6 is 11.6 Å². The Labute approximate surface area is 166 Å². The van der Waals surface area contributed by atoms with Gasteiger partial charge in [-0.25, -0.2) is 14.1 Å². The maximum absolute atomic E-state index is 13.1. The van der Waals surface area contributed by atoms with Crippen molar-refractivity contribution in [2.75, 3.05) is 11.9 Å². The first-order chi connectivity index (χ1) is 13.6. The Morgan fingerprint density at radius 1 is 1.25 bits per heavy atom. The summed E-state index contributed by atoms with van der Waals surface area (Å²) in [7, 11) is 0. The normalized spacial score (nSPS) is 14.6. The van der Waals surface area contributed by atoms with Gasteiger partial charge in [-0.15, -0.1) is 0 Å². The lowest BCUT2D eigenvalue weighted by molar-refractivity contribution is -0.916. The quantitative estimate of drug-likeness (QED) is 0.639. The first kappa shape index (κ1) is 18.6. The number of anilines is 1. The van der Waals surface area contributed by atoms with Crippen LogP contribution in [0.2, 0.25) is 5.02 Å². The Kier molecular flexibility index (Phi) is 5.36. The summed E-state index contributed by atoms with van der Waals surface area (Å²) in [6.07, 6.45) is 5.20. The molecule has 0 bridgehead atoms. The van der Waals surface area contributed by atoms with Crippen molar-refractivity contribution in [3.05, 3.63) is 71.5 Å². The van der Waals surface area contributed by atoms with E-state index < -0.39 is 0 Å². The number of amides is 1. The smallest absolute Gasteiger partial charge is 0.279 e. The highest BCUT2D eigenvalue weighted by molar-refractivity contribution is 6.31. The monoisotopic (exact) mass is 400 g/mol. The predicted molar refractivity (Wildman–Crippen MR) is 104 cm³/mol. The molecule has 1 aliphatic rings. The average molecular weight is 401 g/mol. The van der Waals surface area contributed by atoms with E-state index >= 15 is 0 Å². The summed E-state index contributed by atoms with van der Waals surface area (Å²) in [5.74, 6) is -0.358. The Balaban J connectivity index is 1.47. The number of hydrogen-bond donors (Lipinski definition) is 2. The van der Waals surface area contributed by atoms with Crippen LogP contribution in [0, 0.1) is 5.82 Å². The van der Waals surface area contributed by atoms with Crippen molar-refractivity contribution in [1.82, 2.24) is 14.8 Å².